The van der Waals surface area contributed by atoms with Crippen LogP contribution >= 0.6 is 0 Å². The number of benzene rings is 2. The summed E-state index contributed by atoms with van der Waals surface area (Å²) >= 11 is 0. The number of carboxylic acids is 1. The lowest BCUT2D eigenvalue weighted by Gasteiger charge is -2.24. The lowest BCUT2D eigenvalue weighted by atomic mass is 9.98. The van der Waals surface area contributed by atoms with Crippen molar-refractivity contribution in [3.8, 4) is 11.1 Å². The minimum absolute atomic E-state index is 0.0481. The van der Waals surface area contributed by atoms with Crippen LogP contribution in [0.4, 0.5) is 13.6 Å². The number of hydrogen-bond acceptors (Lipinski definition) is 4. The monoisotopic (exact) mass is 474 g/mol. The maximum Gasteiger partial charge on any atom is 0.407 e. The Balaban J connectivity index is 1.67. The first kappa shape index (κ1) is 25.1. The summed E-state index contributed by atoms with van der Waals surface area (Å²) in [6, 6.07) is 12.5. The number of fused-ring (bicyclic) bond motifs is 3. The third kappa shape index (κ3) is 5.70. The van der Waals surface area contributed by atoms with Crippen molar-refractivity contribution in [1.29, 1.82) is 0 Å². The van der Waals surface area contributed by atoms with Crippen molar-refractivity contribution in [2.75, 3.05) is 6.61 Å². The summed E-state index contributed by atoms with van der Waals surface area (Å²) in [6.07, 6.45) is -4.44. The second kappa shape index (κ2) is 11.1. The maximum absolute atomic E-state index is 13.1. The Morgan fingerprint density at radius 1 is 1.00 bits per heavy atom. The minimum atomic E-state index is -2.89. The van der Waals surface area contributed by atoms with Gasteiger partial charge in [-0.3, -0.25) is 4.79 Å². The quantitative estimate of drug-likeness (QED) is 0.480. The van der Waals surface area contributed by atoms with Gasteiger partial charge in [0, 0.05) is 12.3 Å². The highest BCUT2D eigenvalue weighted by Crippen LogP contribution is 2.44. The number of ether oxygens (including phenoxy) is 1. The Hall–Kier alpha value is -3.49. The standard InChI is InChI=1S/C25H28F2N2O5/c1-3-14(2)22(24(31)32)29-23(30)20(12-21(26)27)28-25(33)34-13-19-17-10-6-4-8-15(17)16-9-5-7-11-18(16)19/h4-11,14,19-22H,3,12-13H2,1-2H3,(H,28,33)(H,29,30)(H,31,32)/t14?,20?,22-/m0/s1. The summed E-state index contributed by atoms with van der Waals surface area (Å²) in [4.78, 5) is 36.5. The number of carboxylic acid groups (broad SMARTS) is 1. The molecule has 1 aliphatic carbocycles. The van der Waals surface area contributed by atoms with Gasteiger partial charge < -0.3 is 20.5 Å². The highest BCUT2D eigenvalue weighted by atomic mass is 19.3. The van der Waals surface area contributed by atoms with Gasteiger partial charge >= 0.3 is 12.1 Å². The topological polar surface area (TPSA) is 105 Å². The third-order valence-electron chi connectivity index (χ3n) is 6.14. The first-order chi connectivity index (χ1) is 16.2. The van der Waals surface area contributed by atoms with Gasteiger partial charge in [0.25, 0.3) is 0 Å². The molecule has 0 saturated carbocycles. The van der Waals surface area contributed by atoms with E-state index in [4.69, 9.17) is 4.74 Å². The molecule has 0 bridgehead atoms. The fourth-order valence-corrected chi connectivity index (χ4v) is 4.13. The van der Waals surface area contributed by atoms with Crippen LogP contribution in [0.5, 0.6) is 0 Å². The van der Waals surface area contributed by atoms with Crippen molar-refractivity contribution >= 4 is 18.0 Å². The summed E-state index contributed by atoms with van der Waals surface area (Å²) in [5.41, 5.74) is 4.03. The highest BCUT2D eigenvalue weighted by Gasteiger charge is 2.33. The van der Waals surface area contributed by atoms with Crippen LogP contribution in [0.3, 0.4) is 0 Å². The van der Waals surface area contributed by atoms with E-state index < -0.39 is 48.8 Å². The Kier molecular flexibility index (Phi) is 8.20. The Bertz CT molecular complexity index is 1000. The lowest BCUT2D eigenvalue weighted by molar-refractivity contribution is -0.143. The molecular formula is C25H28F2N2O5. The van der Waals surface area contributed by atoms with E-state index in [1.807, 2.05) is 48.5 Å². The van der Waals surface area contributed by atoms with Gasteiger partial charge in [-0.25, -0.2) is 18.4 Å². The van der Waals surface area contributed by atoms with Crippen LogP contribution in [0.1, 0.15) is 43.7 Å². The largest absolute Gasteiger partial charge is 0.480 e. The molecule has 0 radical (unpaired) electrons. The van der Waals surface area contributed by atoms with Gasteiger partial charge in [-0.1, -0.05) is 68.8 Å². The van der Waals surface area contributed by atoms with Crippen molar-refractivity contribution in [2.45, 2.75) is 51.1 Å². The molecule has 3 rings (SSSR count). The number of amides is 2. The molecule has 0 aliphatic heterocycles. The molecular weight excluding hydrogens is 446 g/mol. The van der Waals surface area contributed by atoms with Crippen LogP contribution < -0.4 is 10.6 Å². The molecule has 3 atom stereocenters. The number of alkyl halides is 2. The van der Waals surface area contributed by atoms with Gasteiger partial charge in [-0.05, 0) is 28.2 Å². The molecule has 3 N–H and O–H groups in total. The van der Waals surface area contributed by atoms with Gasteiger partial charge in [-0.2, -0.15) is 0 Å². The molecule has 7 nitrogen and oxygen atoms in total. The highest BCUT2D eigenvalue weighted by molar-refractivity contribution is 5.89. The van der Waals surface area contributed by atoms with Crippen LogP contribution in [0.2, 0.25) is 0 Å². The molecule has 2 aromatic rings. The normalized spacial score (nSPS) is 15.1. The van der Waals surface area contributed by atoms with E-state index in [0.717, 1.165) is 22.3 Å². The van der Waals surface area contributed by atoms with Gasteiger partial charge in [0.2, 0.25) is 12.3 Å². The number of carbonyl (C=O) groups is 3. The molecule has 2 unspecified atom stereocenters. The molecule has 0 saturated heterocycles. The fourth-order valence-electron chi connectivity index (χ4n) is 4.13. The van der Waals surface area contributed by atoms with Gasteiger partial charge in [-0.15, -0.1) is 0 Å². The summed E-state index contributed by atoms with van der Waals surface area (Å²) in [5.74, 6) is -2.94. The molecule has 182 valence electrons. The molecule has 0 aromatic heterocycles. The molecule has 2 aromatic carbocycles. The lowest BCUT2D eigenvalue weighted by Crippen LogP contribution is -2.54. The van der Waals surface area contributed by atoms with E-state index in [2.05, 4.69) is 10.6 Å². The van der Waals surface area contributed by atoms with Crippen molar-refractivity contribution in [1.82, 2.24) is 10.6 Å². The van der Waals surface area contributed by atoms with E-state index >= 15 is 0 Å². The van der Waals surface area contributed by atoms with E-state index in [1.165, 1.54) is 0 Å². The fraction of sp³-hybridized carbons (Fsp3) is 0.400. The number of rotatable bonds is 10. The average molecular weight is 475 g/mol. The smallest absolute Gasteiger partial charge is 0.407 e. The zero-order valence-electron chi connectivity index (χ0n) is 19.0. The third-order valence-corrected chi connectivity index (χ3v) is 6.14. The second-order valence-electron chi connectivity index (χ2n) is 8.36. The van der Waals surface area contributed by atoms with Crippen LogP contribution in [0, 0.1) is 5.92 Å². The molecule has 0 fully saturated rings. The van der Waals surface area contributed by atoms with E-state index in [1.54, 1.807) is 13.8 Å². The average Bonchev–Trinajstić information content (AvgIpc) is 3.13. The van der Waals surface area contributed by atoms with Crippen molar-refractivity contribution < 1.29 is 33.0 Å². The van der Waals surface area contributed by atoms with Crippen LogP contribution in [-0.4, -0.2) is 48.2 Å². The molecule has 2 amide bonds. The van der Waals surface area contributed by atoms with Gasteiger partial charge in [0.1, 0.15) is 18.7 Å². The van der Waals surface area contributed by atoms with E-state index in [9.17, 15) is 28.3 Å². The number of hydrogen-bond donors (Lipinski definition) is 3. The summed E-state index contributed by atoms with van der Waals surface area (Å²) < 4.78 is 31.5. The second-order valence-corrected chi connectivity index (χ2v) is 8.36. The summed E-state index contributed by atoms with van der Waals surface area (Å²) in [6.45, 7) is 3.33. The Morgan fingerprint density at radius 3 is 2.06 bits per heavy atom. The first-order valence-corrected chi connectivity index (χ1v) is 11.2. The SMILES string of the molecule is CCC(C)[C@H](NC(=O)C(CC(F)F)NC(=O)OCC1c2ccccc2-c2ccccc21)C(=O)O. The van der Waals surface area contributed by atoms with Gasteiger partial charge in [0.15, 0.2) is 0 Å². The zero-order valence-corrected chi connectivity index (χ0v) is 19.0. The van der Waals surface area contributed by atoms with Gasteiger partial charge in [0.05, 0.1) is 0 Å². The number of aliphatic carboxylic acids is 1. The van der Waals surface area contributed by atoms with Crippen LogP contribution in [-0.2, 0) is 14.3 Å². The predicted octanol–water partition coefficient (Wildman–Crippen LogP) is 4.16. The van der Waals surface area contributed by atoms with Crippen LogP contribution in [0.25, 0.3) is 11.1 Å². The van der Waals surface area contributed by atoms with E-state index in [0.29, 0.717) is 6.42 Å². The van der Waals surface area contributed by atoms with Crippen LogP contribution in [0.15, 0.2) is 48.5 Å². The number of alkyl carbamates (subject to hydrolysis) is 1. The Morgan fingerprint density at radius 2 is 1.56 bits per heavy atom. The Labute approximate surface area is 196 Å². The zero-order chi connectivity index (χ0) is 24.8. The van der Waals surface area contributed by atoms with E-state index in [-0.39, 0.29) is 12.5 Å². The van der Waals surface area contributed by atoms with Crippen molar-refractivity contribution in [3.05, 3.63) is 59.7 Å². The molecule has 1 aliphatic rings. The molecule has 9 heteroatoms. The number of carbonyl (C=O) groups excluding carboxylic acids is 2. The maximum atomic E-state index is 13.1. The predicted molar refractivity (Wildman–Crippen MR) is 122 cm³/mol. The summed E-state index contributed by atoms with van der Waals surface area (Å²) in [5, 5.41) is 13.8. The molecule has 0 heterocycles. The van der Waals surface area contributed by atoms with Crippen molar-refractivity contribution in [2.24, 2.45) is 5.92 Å². The number of halogens is 2. The first-order valence-electron chi connectivity index (χ1n) is 11.2. The minimum Gasteiger partial charge on any atom is -0.480 e. The van der Waals surface area contributed by atoms with Crippen molar-refractivity contribution in [3.63, 3.8) is 0 Å². The number of nitrogens with one attached hydrogen (secondary N) is 2. The molecule has 34 heavy (non-hydrogen) atoms. The summed E-state index contributed by atoms with van der Waals surface area (Å²) in [7, 11) is 0. The molecule has 0 spiro atoms.